The molecule has 3 nitrogen and oxygen atoms in total. The average Bonchev–Trinajstić information content (AvgIpc) is 2.38. The zero-order valence-electron chi connectivity index (χ0n) is 10.9. The predicted molar refractivity (Wildman–Crippen MR) is 71.0 cm³/mol. The van der Waals surface area contributed by atoms with Crippen molar-refractivity contribution in [2.24, 2.45) is 0 Å². The highest BCUT2D eigenvalue weighted by Crippen LogP contribution is 2.35. The summed E-state index contributed by atoms with van der Waals surface area (Å²) in [7, 11) is 1.78. The molecule has 0 aromatic heterocycles. The molecule has 0 heterocycles. The van der Waals surface area contributed by atoms with Crippen LogP contribution < -0.4 is 5.32 Å². The number of hydrogen-bond donors (Lipinski definition) is 1. The third-order valence-electron chi connectivity index (χ3n) is 3.87. The van der Waals surface area contributed by atoms with Crippen LogP contribution in [0.5, 0.6) is 0 Å². The molecule has 0 radical (unpaired) electrons. The van der Waals surface area contributed by atoms with E-state index in [9.17, 15) is 0 Å². The Labute approximate surface area is 109 Å². The van der Waals surface area contributed by atoms with Crippen molar-refractivity contribution in [1.29, 1.82) is 5.26 Å². The van der Waals surface area contributed by atoms with E-state index < -0.39 is 0 Å². The molecular weight excluding hydrogens is 224 g/mol. The van der Waals surface area contributed by atoms with E-state index in [0.29, 0.717) is 6.42 Å². The van der Waals surface area contributed by atoms with Crippen LogP contribution in [0.25, 0.3) is 0 Å². The Morgan fingerprint density at radius 1 is 1.39 bits per heavy atom. The third-order valence-corrected chi connectivity index (χ3v) is 3.87. The smallest absolute Gasteiger partial charge is 0.0802 e. The Hall–Kier alpha value is -1.37. The molecule has 1 fully saturated rings. The first-order valence-corrected chi connectivity index (χ1v) is 6.50. The number of ether oxygens (including phenoxy) is 1. The first kappa shape index (κ1) is 13.1. The van der Waals surface area contributed by atoms with E-state index in [4.69, 9.17) is 10.00 Å². The van der Waals surface area contributed by atoms with Crippen LogP contribution in [-0.4, -0.2) is 19.3 Å². The first-order valence-electron chi connectivity index (χ1n) is 6.50. The Bertz CT molecular complexity index is 401. The van der Waals surface area contributed by atoms with Crippen LogP contribution in [0.15, 0.2) is 30.3 Å². The molecule has 1 aromatic carbocycles. The number of benzene rings is 1. The monoisotopic (exact) mass is 244 g/mol. The van der Waals surface area contributed by atoms with E-state index in [1.807, 2.05) is 18.2 Å². The van der Waals surface area contributed by atoms with Crippen molar-refractivity contribution < 1.29 is 4.74 Å². The van der Waals surface area contributed by atoms with Crippen molar-refractivity contribution in [3.63, 3.8) is 0 Å². The van der Waals surface area contributed by atoms with Gasteiger partial charge in [0.15, 0.2) is 0 Å². The molecule has 96 valence electrons. The van der Waals surface area contributed by atoms with Gasteiger partial charge in [0.05, 0.1) is 18.1 Å². The van der Waals surface area contributed by atoms with Crippen LogP contribution in [0.4, 0.5) is 0 Å². The van der Waals surface area contributed by atoms with Gasteiger partial charge in [0.25, 0.3) is 0 Å². The highest BCUT2D eigenvalue weighted by molar-refractivity contribution is 5.20. The van der Waals surface area contributed by atoms with Crippen LogP contribution >= 0.6 is 0 Å². The molecule has 1 saturated carbocycles. The Morgan fingerprint density at radius 2 is 2.11 bits per heavy atom. The molecule has 1 unspecified atom stereocenters. The molecule has 0 aliphatic heterocycles. The van der Waals surface area contributed by atoms with Gasteiger partial charge < -0.3 is 10.1 Å². The summed E-state index contributed by atoms with van der Waals surface area (Å²) in [6, 6.07) is 12.5. The second-order valence-corrected chi connectivity index (χ2v) is 4.95. The number of nitrogens with zero attached hydrogens (tertiary/aromatic N) is 1. The van der Waals surface area contributed by atoms with Crippen LogP contribution in [-0.2, 0) is 4.74 Å². The van der Waals surface area contributed by atoms with E-state index in [0.717, 1.165) is 19.4 Å². The fourth-order valence-electron chi connectivity index (χ4n) is 2.42. The summed E-state index contributed by atoms with van der Waals surface area (Å²) in [4.78, 5) is 0. The molecule has 1 atom stereocenters. The lowest BCUT2D eigenvalue weighted by Gasteiger charge is -2.41. The molecule has 1 N–H and O–H groups in total. The molecule has 0 spiro atoms. The number of nitrogens with one attached hydrogen (secondary N) is 1. The van der Waals surface area contributed by atoms with E-state index in [1.165, 1.54) is 12.0 Å². The van der Waals surface area contributed by atoms with Gasteiger partial charge in [-0.15, -0.1) is 0 Å². The van der Waals surface area contributed by atoms with Crippen molar-refractivity contribution >= 4 is 0 Å². The van der Waals surface area contributed by atoms with Crippen molar-refractivity contribution in [3.05, 3.63) is 35.9 Å². The highest BCUT2D eigenvalue weighted by Gasteiger charge is 2.37. The maximum Gasteiger partial charge on any atom is 0.0802 e. The third kappa shape index (κ3) is 2.90. The fraction of sp³-hybridized carbons (Fsp3) is 0.533. The summed E-state index contributed by atoms with van der Waals surface area (Å²) in [5, 5.41) is 12.4. The van der Waals surface area contributed by atoms with Gasteiger partial charge in [-0.2, -0.15) is 5.26 Å². The van der Waals surface area contributed by atoms with Crippen LogP contribution in [0.3, 0.4) is 0 Å². The minimum absolute atomic E-state index is 0.00247. The quantitative estimate of drug-likeness (QED) is 0.837. The van der Waals surface area contributed by atoms with Gasteiger partial charge in [-0.05, 0) is 24.8 Å². The summed E-state index contributed by atoms with van der Waals surface area (Å²) in [6.07, 6.45) is 3.96. The van der Waals surface area contributed by atoms with Gasteiger partial charge in [-0.25, -0.2) is 0 Å². The van der Waals surface area contributed by atoms with Gasteiger partial charge >= 0.3 is 0 Å². The number of rotatable bonds is 6. The second-order valence-electron chi connectivity index (χ2n) is 4.95. The van der Waals surface area contributed by atoms with Crippen molar-refractivity contribution in [1.82, 2.24) is 5.32 Å². The Kier molecular flexibility index (Phi) is 4.35. The second kappa shape index (κ2) is 5.99. The Morgan fingerprint density at radius 3 is 2.61 bits per heavy atom. The molecule has 1 aromatic rings. The Balaban J connectivity index is 1.97. The molecule has 0 saturated heterocycles. The lowest BCUT2D eigenvalue weighted by molar-refractivity contribution is -0.0708. The lowest BCUT2D eigenvalue weighted by atomic mass is 9.79. The maximum absolute atomic E-state index is 8.93. The molecule has 2 rings (SSSR count). The van der Waals surface area contributed by atoms with Crippen molar-refractivity contribution in [3.8, 4) is 6.07 Å². The van der Waals surface area contributed by atoms with Crippen LogP contribution in [0.1, 0.15) is 37.3 Å². The van der Waals surface area contributed by atoms with Crippen LogP contribution in [0, 0.1) is 11.3 Å². The normalized spacial score (nSPS) is 18.7. The van der Waals surface area contributed by atoms with E-state index in [1.54, 1.807) is 7.11 Å². The van der Waals surface area contributed by atoms with Gasteiger partial charge in [0.2, 0.25) is 0 Å². The number of nitriles is 1. The molecular formula is C15H20N2O. The number of methoxy groups -OCH3 is 1. The molecule has 0 amide bonds. The number of hydrogen-bond acceptors (Lipinski definition) is 3. The summed E-state index contributed by atoms with van der Waals surface area (Å²) < 4.78 is 5.59. The molecule has 18 heavy (non-hydrogen) atoms. The standard InChI is InChI=1S/C15H20N2O/c1-18-15(9-5-10-15)12-17-14(8-11-16)13-6-3-2-4-7-13/h2-4,6-7,14,17H,5,8-10,12H2,1H3. The predicted octanol–water partition coefficient (Wildman–Crippen LogP) is 2.80. The lowest BCUT2D eigenvalue weighted by Crippen LogP contribution is -2.48. The minimum Gasteiger partial charge on any atom is -0.377 e. The molecule has 1 aliphatic carbocycles. The fourth-order valence-corrected chi connectivity index (χ4v) is 2.42. The first-order chi connectivity index (χ1) is 8.79. The zero-order valence-corrected chi connectivity index (χ0v) is 10.9. The average molecular weight is 244 g/mol. The largest absolute Gasteiger partial charge is 0.377 e. The zero-order chi connectivity index (χ0) is 12.8. The molecule has 1 aliphatic rings. The molecule has 0 bridgehead atoms. The SMILES string of the molecule is COC1(CNC(CC#N)c2ccccc2)CCC1. The summed E-state index contributed by atoms with van der Waals surface area (Å²) in [5.41, 5.74) is 1.17. The maximum atomic E-state index is 8.93. The van der Waals surface area contributed by atoms with Gasteiger partial charge in [0, 0.05) is 19.7 Å². The topological polar surface area (TPSA) is 45.0 Å². The van der Waals surface area contributed by atoms with Gasteiger partial charge in [0.1, 0.15) is 0 Å². The summed E-state index contributed by atoms with van der Waals surface area (Å²) in [5.74, 6) is 0. The highest BCUT2D eigenvalue weighted by atomic mass is 16.5. The van der Waals surface area contributed by atoms with E-state index in [-0.39, 0.29) is 11.6 Å². The van der Waals surface area contributed by atoms with Crippen molar-refractivity contribution in [2.75, 3.05) is 13.7 Å². The summed E-state index contributed by atoms with van der Waals surface area (Å²) in [6.45, 7) is 0.824. The molecule has 3 heteroatoms. The summed E-state index contributed by atoms with van der Waals surface area (Å²) >= 11 is 0. The van der Waals surface area contributed by atoms with Gasteiger partial charge in [-0.1, -0.05) is 30.3 Å². The minimum atomic E-state index is 0.00247. The van der Waals surface area contributed by atoms with E-state index in [2.05, 4.69) is 23.5 Å². The van der Waals surface area contributed by atoms with E-state index >= 15 is 0 Å². The van der Waals surface area contributed by atoms with Gasteiger partial charge in [-0.3, -0.25) is 0 Å². The van der Waals surface area contributed by atoms with Crippen LogP contribution in [0.2, 0.25) is 0 Å². The van der Waals surface area contributed by atoms with Crippen molar-refractivity contribution in [2.45, 2.75) is 37.3 Å².